The fourth-order valence-corrected chi connectivity index (χ4v) is 2.93. The zero-order valence-electron chi connectivity index (χ0n) is 7.88. The molecule has 1 aliphatic rings. The molecule has 0 radical (unpaired) electrons. The molecule has 0 unspecified atom stereocenters. The van der Waals surface area contributed by atoms with Gasteiger partial charge in [-0.25, -0.2) is 0 Å². The van der Waals surface area contributed by atoms with Crippen LogP contribution in [0.1, 0.15) is 6.42 Å². The molecule has 1 fully saturated rings. The molecule has 13 heteroatoms. The number of nitro groups is 4. The highest BCUT2D eigenvalue weighted by Crippen LogP contribution is 2.48. The molecule has 0 atom stereocenters. The normalized spacial score (nSPS) is 20.7. The molecule has 17 heavy (non-hydrogen) atoms. The van der Waals surface area contributed by atoms with E-state index in [9.17, 15) is 40.5 Å². The molecular formula is C4H4N4O8S. The minimum atomic E-state index is -3.49. The van der Waals surface area contributed by atoms with Gasteiger partial charge in [0, 0.05) is 17.5 Å². The van der Waals surface area contributed by atoms with Crippen molar-refractivity contribution in [3.63, 3.8) is 0 Å². The quantitative estimate of drug-likeness (QED) is 0.372. The summed E-state index contributed by atoms with van der Waals surface area (Å²) in [5.41, 5.74) is -3.44. The maximum Gasteiger partial charge on any atom is 0.644 e. The van der Waals surface area contributed by atoms with Crippen LogP contribution in [0.2, 0.25) is 0 Å². The molecular weight excluding hydrogens is 264 g/mol. The number of nitrogens with zero attached hydrogens (tertiary/aromatic N) is 4. The van der Waals surface area contributed by atoms with Crippen LogP contribution >= 0.6 is 11.8 Å². The van der Waals surface area contributed by atoms with E-state index in [4.69, 9.17) is 0 Å². The first kappa shape index (κ1) is 13.0. The van der Waals surface area contributed by atoms with Gasteiger partial charge in [-0.15, -0.1) is 0 Å². The van der Waals surface area contributed by atoms with E-state index in [1.807, 2.05) is 0 Å². The molecule has 0 aromatic carbocycles. The fourth-order valence-electron chi connectivity index (χ4n) is 1.57. The average molecular weight is 268 g/mol. The largest absolute Gasteiger partial charge is 0.644 e. The molecule has 1 saturated heterocycles. The topological polar surface area (TPSA) is 173 Å². The SMILES string of the molecule is O=[N+]([O-])C1([N+](=O)[O-])CCSC1([N+](=O)[O-])[N+](=O)[O-]. The van der Waals surface area contributed by atoms with Crippen molar-refractivity contribution < 1.29 is 19.7 Å². The van der Waals surface area contributed by atoms with Gasteiger partial charge in [0.1, 0.15) is 26.1 Å². The summed E-state index contributed by atoms with van der Waals surface area (Å²) in [6.07, 6.45) is -0.875. The van der Waals surface area contributed by atoms with E-state index >= 15 is 0 Å². The van der Waals surface area contributed by atoms with Crippen molar-refractivity contribution >= 4 is 11.8 Å². The lowest BCUT2D eigenvalue weighted by molar-refractivity contribution is -0.912. The first-order valence-corrected chi connectivity index (χ1v) is 4.94. The molecule has 12 nitrogen and oxygen atoms in total. The molecule has 1 rings (SSSR count). The molecule has 1 aliphatic heterocycles. The molecule has 0 aromatic rings. The van der Waals surface area contributed by atoms with Crippen molar-refractivity contribution in [2.45, 2.75) is 17.1 Å². The van der Waals surface area contributed by atoms with Crippen LogP contribution in [0.25, 0.3) is 0 Å². The van der Waals surface area contributed by atoms with Crippen molar-refractivity contribution in [1.29, 1.82) is 0 Å². The lowest BCUT2D eigenvalue weighted by Gasteiger charge is -2.16. The second-order valence-corrected chi connectivity index (χ2v) is 4.32. The van der Waals surface area contributed by atoms with E-state index in [1.165, 1.54) is 0 Å². The summed E-state index contributed by atoms with van der Waals surface area (Å²) < 4.78 is 0. The minimum absolute atomic E-state index is 0.0119. The average Bonchev–Trinajstić information content (AvgIpc) is 2.58. The third kappa shape index (κ3) is 1.31. The Kier molecular flexibility index (Phi) is 2.88. The first-order valence-electron chi connectivity index (χ1n) is 3.95. The molecule has 0 spiro atoms. The van der Waals surface area contributed by atoms with Crippen LogP contribution in [0, 0.1) is 40.5 Å². The highest BCUT2D eigenvalue weighted by Gasteiger charge is 2.94. The Labute approximate surface area is 95.6 Å². The second kappa shape index (κ2) is 3.76. The second-order valence-electron chi connectivity index (χ2n) is 3.05. The smallest absolute Gasteiger partial charge is 0.258 e. The van der Waals surface area contributed by atoms with Crippen LogP contribution in [-0.4, -0.2) is 36.1 Å². The Balaban J connectivity index is 3.58. The summed E-state index contributed by atoms with van der Waals surface area (Å²) in [5.74, 6) is -0.413. The predicted molar refractivity (Wildman–Crippen MR) is 50.5 cm³/mol. The van der Waals surface area contributed by atoms with Crippen molar-refractivity contribution in [3.05, 3.63) is 40.5 Å². The maximum absolute atomic E-state index is 10.7. The van der Waals surface area contributed by atoms with Crippen LogP contribution in [0.15, 0.2) is 0 Å². The van der Waals surface area contributed by atoms with Gasteiger partial charge in [0.15, 0.2) is 0 Å². The Morgan fingerprint density at radius 2 is 1.24 bits per heavy atom. The molecule has 0 amide bonds. The van der Waals surface area contributed by atoms with Crippen LogP contribution in [0.5, 0.6) is 0 Å². The van der Waals surface area contributed by atoms with Gasteiger partial charge in [0.05, 0.1) is 0 Å². The first-order chi connectivity index (χ1) is 7.73. The maximum atomic E-state index is 10.7. The summed E-state index contributed by atoms with van der Waals surface area (Å²) in [6, 6.07) is 0. The number of hydrogen-bond donors (Lipinski definition) is 0. The highest BCUT2D eigenvalue weighted by atomic mass is 32.2. The van der Waals surface area contributed by atoms with E-state index in [0.29, 0.717) is 0 Å². The van der Waals surface area contributed by atoms with Gasteiger partial charge in [-0.2, -0.15) is 0 Å². The van der Waals surface area contributed by atoms with Crippen LogP contribution in [0.3, 0.4) is 0 Å². The summed E-state index contributed by atoms with van der Waals surface area (Å²) in [5, 5.41) is 42.9. The number of hydrogen-bond acceptors (Lipinski definition) is 9. The van der Waals surface area contributed by atoms with Gasteiger partial charge in [-0.3, -0.25) is 40.5 Å². The van der Waals surface area contributed by atoms with Gasteiger partial charge in [-0.05, 0) is 0 Å². The predicted octanol–water partition coefficient (Wildman–Crippen LogP) is -0.420. The summed E-state index contributed by atoms with van der Waals surface area (Å²) >= 11 is -0.0119. The van der Waals surface area contributed by atoms with Crippen LogP contribution < -0.4 is 0 Å². The van der Waals surface area contributed by atoms with Gasteiger partial charge in [0.25, 0.3) is 0 Å². The molecule has 0 N–H and O–H groups in total. The van der Waals surface area contributed by atoms with E-state index in [2.05, 4.69) is 0 Å². The Bertz CT molecular complexity index is 356. The standard InChI is InChI=1S/C4H4N4O8S/c9-5(10)3(6(11)12)1-2-17-4(3,7(13)14)8(15)16/h1-2H2. The monoisotopic (exact) mass is 268 g/mol. The Morgan fingerprint density at radius 1 is 0.824 bits per heavy atom. The van der Waals surface area contributed by atoms with Crippen molar-refractivity contribution in [3.8, 4) is 0 Å². The van der Waals surface area contributed by atoms with E-state index in [-0.39, 0.29) is 11.8 Å². The summed E-state index contributed by atoms with van der Waals surface area (Å²) in [4.78, 5) is 33.2. The number of rotatable bonds is 4. The Morgan fingerprint density at radius 3 is 1.47 bits per heavy atom. The van der Waals surface area contributed by atoms with Crippen molar-refractivity contribution in [1.82, 2.24) is 0 Å². The third-order valence-corrected chi connectivity index (χ3v) is 3.81. The van der Waals surface area contributed by atoms with E-state index in [0.717, 1.165) is 0 Å². The summed E-state index contributed by atoms with van der Waals surface area (Å²) in [6.45, 7) is 0. The summed E-state index contributed by atoms with van der Waals surface area (Å²) in [7, 11) is 0. The van der Waals surface area contributed by atoms with Gasteiger partial charge in [-0.1, -0.05) is 0 Å². The molecule has 0 saturated carbocycles. The lowest BCUT2D eigenvalue weighted by atomic mass is 10.1. The van der Waals surface area contributed by atoms with Crippen molar-refractivity contribution in [2.24, 2.45) is 0 Å². The highest BCUT2D eigenvalue weighted by molar-refractivity contribution is 8.00. The van der Waals surface area contributed by atoms with E-state index in [1.54, 1.807) is 0 Å². The van der Waals surface area contributed by atoms with Gasteiger partial charge < -0.3 is 0 Å². The van der Waals surface area contributed by atoms with Crippen LogP contribution in [0.4, 0.5) is 0 Å². The zero-order valence-corrected chi connectivity index (χ0v) is 8.69. The zero-order chi connectivity index (χ0) is 13.4. The van der Waals surface area contributed by atoms with Crippen LogP contribution in [-0.2, 0) is 0 Å². The minimum Gasteiger partial charge on any atom is -0.258 e. The van der Waals surface area contributed by atoms with Crippen molar-refractivity contribution in [2.75, 3.05) is 5.75 Å². The molecule has 0 aromatic heterocycles. The molecule has 1 heterocycles. The third-order valence-electron chi connectivity index (χ3n) is 2.37. The molecule has 0 bridgehead atoms. The van der Waals surface area contributed by atoms with Gasteiger partial charge >= 0.3 is 10.7 Å². The van der Waals surface area contributed by atoms with E-state index < -0.39 is 42.5 Å². The fraction of sp³-hybridized carbons (Fsp3) is 1.00. The lowest BCUT2D eigenvalue weighted by Crippen LogP contribution is -2.66. The van der Waals surface area contributed by atoms with Gasteiger partial charge in [0.2, 0.25) is 0 Å². The Hall–Kier alpha value is -2.05. The molecule has 94 valence electrons. The molecule has 0 aliphatic carbocycles. The number of thioether (sulfide) groups is 1.